The van der Waals surface area contributed by atoms with Crippen molar-refractivity contribution in [3.8, 4) is 0 Å². The molecule has 58 nitrogen and oxygen atoms in total. The van der Waals surface area contributed by atoms with Crippen molar-refractivity contribution >= 4 is 35.5 Å². The molecule has 10 rings (SSSR count). The molecule has 10 fully saturated rings. The van der Waals surface area contributed by atoms with E-state index in [-0.39, 0.29) is 0 Å². The maximum absolute atomic E-state index is 13.3. The lowest BCUT2D eigenvalue weighted by Crippen LogP contribution is -2.71. The average Bonchev–Trinajstić information content (AvgIpc) is 0.752. The van der Waals surface area contributed by atoms with Crippen LogP contribution in [0.4, 0.5) is 0 Å². The van der Waals surface area contributed by atoms with Crippen LogP contribution in [0.2, 0.25) is 0 Å². The van der Waals surface area contributed by atoms with Gasteiger partial charge in [-0.15, -0.1) is 0 Å². The minimum Gasteiger partial charge on any atom is -0.477 e. The topological polar surface area (TPSA) is 904 Å². The van der Waals surface area contributed by atoms with Gasteiger partial charge in [0.25, 0.3) is 5.79 Å². The number of amides is 5. The minimum absolute atomic E-state index is 0.759. The molecule has 0 aromatic carbocycles. The van der Waals surface area contributed by atoms with Crippen LogP contribution >= 0.6 is 0 Å². The second kappa shape index (κ2) is 46.6. The first-order valence-electron chi connectivity index (χ1n) is 41.6. The van der Waals surface area contributed by atoms with Gasteiger partial charge < -0.3 is 260 Å². The Labute approximate surface area is 741 Å². The van der Waals surface area contributed by atoms with Crippen LogP contribution in [0.5, 0.6) is 0 Å². The molecule has 10 saturated heterocycles. The second-order valence-electron chi connectivity index (χ2n) is 33.1. The van der Waals surface area contributed by atoms with Gasteiger partial charge in [-0.05, 0) is 6.92 Å². The number of aliphatic carboxylic acids is 1. The van der Waals surface area contributed by atoms with E-state index in [2.05, 4.69) is 26.6 Å². The molecule has 131 heavy (non-hydrogen) atoms. The Kier molecular flexibility index (Phi) is 38.4. The van der Waals surface area contributed by atoms with Crippen molar-refractivity contribution in [1.82, 2.24) is 26.6 Å². The molecule has 51 atom stereocenters. The molecule has 0 aromatic rings. The molecule has 0 aliphatic carbocycles. The summed E-state index contributed by atoms with van der Waals surface area (Å²) in [4.78, 5) is 77.1. The van der Waals surface area contributed by atoms with Crippen LogP contribution in [0, 0.1) is 0 Å². The summed E-state index contributed by atoms with van der Waals surface area (Å²) in [5.41, 5.74) is 0. The van der Waals surface area contributed by atoms with E-state index in [4.69, 9.17) is 90.0 Å². The standard InChI is InChI=1S/C73H121N5O53/c1-17-54(44(100)34(63(110)114-17)75-19(3)88)123-64-35(76-20(4)89)45(101)56(30(14-85)119-64)125-68-52(108)59(43(99)32(122-68)16-113-70-61(49(105)40(96)26(10-81)117-70)128-65-36(77-21(5)90)46(102)55(29(13-84)120-65)124-67-51(107)48(104)39(95)25(9-80)115-67)127-71-62(50(106)41(97)27(11-82)118-71)129-66-37(78-22(6)91)47(103)57(31(15-86)121-66)126-69-53(109)60(42(98)28(12-83)116-69)131-73(72(111)112)7-23(92)33(74-18(2)87)58(130-73)38(94)24(93)8-79/h17,23-71,79-86,92-110H,7-16H2,1-6H3,(H,74,87)(H,75,88)(H,76,89)(H,77,90)(H,78,91)(H,111,112)/t17-,23+,24-,25-,26-,27-,28-,29-,30-,31-,32-,33-,34-,35-,36-,37-,38-,39+,40-,41-,42+,43-,44-,45-,46-,47-,48+,49+,50+,51-,52+,53-,54-,55-,56-,57-,58-,59+,60+,61+,62+,63?,64+,65-,66-,67+,68+,69+,70+,71-,73+/m1/s1. The summed E-state index contributed by atoms with van der Waals surface area (Å²) < 4.78 is 113. The zero-order chi connectivity index (χ0) is 96.9. The van der Waals surface area contributed by atoms with Crippen molar-refractivity contribution in [3.63, 3.8) is 0 Å². The third-order valence-corrected chi connectivity index (χ3v) is 23.8. The molecule has 0 bridgehead atoms. The van der Waals surface area contributed by atoms with E-state index < -0.39 is 414 Å². The summed E-state index contributed by atoms with van der Waals surface area (Å²) in [5.74, 6) is -10.1. The highest BCUT2D eigenvalue weighted by molar-refractivity contribution is 5.77. The van der Waals surface area contributed by atoms with Gasteiger partial charge in [-0.25, -0.2) is 4.79 Å². The van der Waals surface area contributed by atoms with Crippen LogP contribution in [-0.4, -0.2) is 550 Å². The number of hydrogen-bond acceptors (Lipinski definition) is 52. The van der Waals surface area contributed by atoms with Gasteiger partial charge in [0, 0.05) is 41.0 Å². The number of rotatable bonds is 35. The number of ether oxygens (including phenoxy) is 19. The monoisotopic (exact) mass is 1920 g/mol. The number of carboxylic acid groups (broad SMARTS) is 1. The van der Waals surface area contributed by atoms with Gasteiger partial charge >= 0.3 is 5.97 Å². The van der Waals surface area contributed by atoms with Crippen LogP contribution in [-0.2, 0) is 119 Å². The van der Waals surface area contributed by atoms with E-state index in [0.717, 1.165) is 34.6 Å². The molecule has 0 radical (unpaired) electrons. The molecule has 0 spiro atoms. The van der Waals surface area contributed by atoms with E-state index in [9.17, 15) is 172 Å². The zero-order valence-corrected chi connectivity index (χ0v) is 70.7. The third-order valence-electron chi connectivity index (χ3n) is 23.8. The number of hydrogen-bond donors (Lipinski definition) is 33. The quantitative estimate of drug-likeness (QED) is 0.0280. The van der Waals surface area contributed by atoms with Crippen molar-refractivity contribution in [1.29, 1.82) is 0 Å². The Morgan fingerprint density at radius 1 is 0.328 bits per heavy atom. The number of carboxylic acids is 1. The maximum atomic E-state index is 13.3. The summed E-state index contributed by atoms with van der Waals surface area (Å²) in [6.07, 6.45) is -98.7. The van der Waals surface area contributed by atoms with E-state index in [0.29, 0.717) is 0 Å². The fourth-order valence-corrected chi connectivity index (χ4v) is 17.0. The number of nitrogens with one attached hydrogen (secondary N) is 5. The van der Waals surface area contributed by atoms with Gasteiger partial charge in [0.15, 0.2) is 56.6 Å². The smallest absolute Gasteiger partial charge is 0.364 e. The van der Waals surface area contributed by atoms with E-state index in [1.54, 1.807) is 0 Å². The van der Waals surface area contributed by atoms with Crippen molar-refractivity contribution in [3.05, 3.63) is 0 Å². The summed E-state index contributed by atoms with van der Waals surface area (Å²) in [6.45, 7) is -4.73. The summed E-state index contributed by atoms with van der Waals surface area (Å²) in [5, 5.41) is 327. The van der Waals surface area contributed by atoms with Gasteiger partial charge in [-0.2, -0.15) is 0 Å². The molecule has 756 valence electrons. The fourth-order valence-electron chi connectivity index (χ4n) is 17.0. The van der Waals surface area contributed by atoms with Gasteiger partial charge in [-0.3, -0.25) is 24.0 Å². The minimum atomic E-state index is -3.33. The lowest BCUT2D eigenvalue weighted by atomic mass is 9.88. The van der Waals surface area contributed by atoms with Crippen molar-refractivity contribution < 1.29 is 262 Å². The fraction of sp³-hybridized carbons (Fsp3) is 0.918. The van der Waals surface area contributed by atoms with Crippen molar-refractivity contribution in [2.45, 2.75) is 360 Å². The highest BCUT2D eigenvalue weighted by atomic mass is 16.8. The second-order valence-corrected chi connectivity index (χ2v) is 33.1. The normalized spacial score (nSPS) is 47.5. The Bertz CT molecular complexity index is 3660. The van der Waals surface area contributed by atoms with Crippen LogP contribution in [0.15, 0.2) is 0 Å². The predicted octanol–water partition coefficient (Wildman–Crippen LogP) is -21.9. The van der Waals surface area contributed by atoms with Gasteiger partial charge in [0.05, 0.1) is 77.7 Å². The molecule has 5 amide bonds. The first kappa shape index (κ1) is 108. The summed E-state index contributed by atoms with van der Waals surface area (Å²) in [6, 6.07) is -9.33. The number of aliphatic hydroxyl groups is 27. The molecule has 10 aliphatic rings. The first-order valence-corrected chi connectivity index (χ1v) is 41.6. The molecular weight excluding hydrogens is 1790 g/mol. The van der Waals surface area contributed by atoms with Gasteiger partial charge in [-0.1, -0.05) is 0 Å². The number of carbonyl (C=O) groups excluding carboxylic acids is 5. The molecule has 10 heterocycles. The van der Waals surface area contributed by atoms with Gasteiger partial charge in [0.1, 0.15) is 232 Å². The Hall–Kier alpha value is -5.02. The zero-order valence-electron chi connectivity index (χ0n) is 70.7. The average molecular weight is 1920 g/mol. The van der Waals surface area contributed by atoms with E-state index >= 15 is 0 Å². The number of carbonyl (C=O) groups is 6. The molecule has 1 unspecified atom stereocenters. The summed E-state index contributed by atoms with van der Waals surface area (Å²) >= 11 is 0. The Balaban J connectivity index is 0.971. The molecule has 0 aromatic heterocycles. The third kappa shape index (κ3) is 23.9. The van der Waals surface area contributed by atoms with Crippen LogP contribution in [0.25, 0.3) is 0 Å². The molecule has 10 aliphatic heterocycles. The van der Waals surface area contributed by atoms with Crippen molar-refractivity contribution in [2.75, 3.05) is 59.5 Å². The summed E-state index contributed by atoms with van der Waals surface area (Å²) in [7, 11) is 0. The van der Waals surface area contributed by atoms with Crippen LogP contribution < -0.4 is 26.6 Å². The highest BCUT2D eigenvalue weighted by Gasteiger charge is 2.64. The lowest BCUT2D eigenvalue weighted by Gasteiger charge is -2.51. The molecule has 33 N–H and O–H groups in total. The Morgan fingerprint density at radius 3 is 1.06 bits per heavy atom. The maximum Gasteiger partial charge on any atom is 0.364 e. The predicted molar refractivity (Wildman–Crippen MR) is 403 cm³/mol. The lowest BCUT2D eigenvalue weighted by molar-refractivity contribution is -0.401. The number of aliphatic hydroxyl groups excluding tert-OH is 27. The molecule has 0 saturated carbocycles. The first-order chi connectivity index (χ1) is 61.8. The van der Waals surface area contributed by atoms with Crippen molar-refractivity contribution in [2.24, 2.45) is 0 Å². The SMILES string of the molecule is CC(=O)N[C@H]1[C@H](O[C@H]2[C@H](O)[C@@H](NC(C)=O)C(O)O[C@@H]2C)O[C@H](CO)[C@@H](O[C@@H]2O[C@H](CO[C@H]3O[C@H](CO)[C@@H](O)[C@H](O)[C@@H]3O[C@H]3O[C@H](CO)[C@@H](O[C@@H]4O[C@H](CO)[C@H](O)[C@H](O)[C@H]4O)[C@H](O)[C@H]3NC(C)=O)[C@@H](O)[C@H](O[C@H]3O[C@H](CO)[C@@H](O)[C@H](O)[C@@H]3O[C@H]3O[C@H](CO)[C@@H](O[C@@H]4O[C@H](CO)[C@H](O)[C@H](O[C@]5(C(=O)O)C[C@H](O)[C@@H](NC(C)=O)[C@H]([C@H](O)[C@H](O)CO)O5)[C@H]4O)[C@H](O)[C@H]3NC(C)=O)[C@@H]2O)[C@@H]1O. The van der Waals surface area contributed by atoms with Crippen LogP contribution in [0.1, 0.15) is 48.0 Å². The van der Waals surface area contributed by atoms with Gasteiger partial charge in [0.2, 0.25) is 29.5 Å². The highest BCUT2D eigenvalue weighted by Crippen LogP contribution is 2.43. The molecule has 58 heteroatoms. The van der Waals surface area contributed by atoms with E-state index in [1.165, 1.54) is 6.92 Å². The van der Waals surface area contributed by atoms with Crippen LogP contribution in [0.3, 0.4) is 0 Å². The van der Waals surface area contributed by atoms with E-state index in [1.807, 2.05) is 0 Å². The molecular formula is C73H121N5O53. The Morgan fingerprint density at radius 2 is 0.649 bits per heavy atom. The largest absolute Gasteiger partial charge is 0.477 e.